The smallest absolute Gasteiger partial charge is 0.123 e. The molecule has 1 aromatic carbocycles. The van der Waals surface area contributed by atoms with Crippen molar-refractivity contribution in [3.8, 4) is 5.75 Å². The first kappa shape index (κ1) is 13.6. The minimum Gasteiger partial charge on any atom is -0.489 e. The normalized spacial score (nSPS) is 17.6. The Labute approximate surface area is 126 Å². The third kappa shape index (κ3) is 2.86. The van der Waals surface area contributed by atoms with Gasteiger partial charge in [-0.3, -0.25) is 4.98 Å². The SMILES string of the molecule is OC1CCCc2c(OCc3cncc(Br)c3)cccc21. The molecular weight excluding hydrogens is 318 g/mol. The van der Waals surface area contributed by atoms with Crippen LogP contribution in [0.15, 0.2) is 41.1 Å². The van der Waals surface area contributed by atoms with E-state index in [2.05, 4.69) is 20.9 Å². The quantitative estimate of drug-likeness (QED) is 0.929. The summed E-state index contributed by atoms with van der Waals surface area (Å²) < 4.78 is 6.87. The van der Waals surface area contributed by atoms with Crippen LogP contribution in [0.3, 0.4) is 0 Å². The van der Waals surface area contributed by atoms with Crippen LogP contribution in [0.4, 0.5) is 0 Å². The number of fused-ring (bicyclic) bond motifs is 1. The van der Waals surface area contributed by atoms with E-state index in [9.17, 15) is 5.11 Å². The number of benzene rings is 1. The van der Waals surface area contributed by atoms with Gasteiger partial charge in [0.25, 0.3) is 0 Å². The Bertz CT molecular complexity index is 615. The molecule has 0 saturated carbocycles. The van der Waals surface area contributed by atoms with Crippen molar-refractivity contribution in [3.05, 3.63) is 57.8 Å². The van der Waals surface area contributed by atoms with Crippen LogP contribution in [0.2, 0.25) is 0 Å². The first-order chi connectivity index (χ1) is 9.74. The molecule has 3 rings (SSSR count). The molecule has 1 atom stereocenters. The molecule has 0 fully saturated rings. The molecule has 20 heavy (non-hydrogen) atoms. The first-order valence-corrected chi connectivity index (χ1v) is 7.55. The lowest BCUT2D eigenvalue weighted by atomic mass is 9.89. The van der Waals surface area contributed by atoms with Crippen molar-refractivity contribution in [3.63, 3.8) is 0 Å². The molecule has 0 spiro atoms. The Kier molecular flexibility index (Phi) is 4.03. The molecule has 0 saturated heterocycles. The van der Waals surface area contributed by atoms with Crippen molar-refractivity contribution >= 4 is 15.9 Å². The summed E-state index contributed by atoms with van der Waals surface area (Å²) in [5.41, 5.74) is 3.18. The number of hydrogen-bond donors (Lipinski definition) is 1. The van der Waals surface area contributed by atoms with E-state index in [0.717, 1.165) is 46.2 Å². The predicted molar refractivity (Wildman–Crippen MR) is 80.6 cm³/mol. The zero-order valence-electron chi connectivity index (χ0n) is 11.1. The molecule has 4 heteroatoms. The molecular formula is C16H16BrNO2. The van der Waals surface area contributed by atoms with Gasteiger partial charge in [-0.2, -0.15) is 0 Å². The van der Waals surface area contributed by atoms with Crippen molar-refractivity contribution in [2.75, 3.05) is 0 Å². The van der Waals surface area contributed by atoms with E-state index in [1.807, 2.05) is 24.3 Å². The summed E-state index contributed by atoms with van der Waals surface area (Å²) in [4.78, 5) is 4.13. The number of ether oxygens (including phenoxy) is 1. The average Bonchev–Trinajstić information content (AvgIpc) is 2.46. The molecule has 1 aliphatic rings. The van der Waals surface area contributed by atoms with Gasteiger partial charge in [-0.05, 0) is 58.5 Å². The highest BCUT2D eigenvalue weighted by molar-refractivity contribution is 9.10. The van der Waals surface area contributed by atoms with Gasteiger partial charge in [0.1, 0.15) is 12.4 Å². The van der Waals surface area contributed by atoms with Crippen molar-refractivity contribution in [1.82, 2.24) is 4.98 Å². The van der Waals surface area contributed by atoms with Gasteiger partial charge in [0.2, 0.25) is 0 Å². The van der Waals surface area contributed by atoms with Gasteiger partial charge in [0.15, 0.2) is 0 Å². The van der Waals surface area contributed by atoms with E-state index in [0.29, 0.717) is 6.61 Å². The summed E-state index contributed by atoms with van der Waals surface area (Å²) in [6.07, 6.45) is 6.02. The molecule has 0 bridgehead atoms. The summed E-state index contributed by atoms with van der Waals surface area (Å²) >= 11 is 3.41. The second-order valence-electron chi connectivity index (χ2n) is 5.03. The third-order valence-corrected chi connectivity index (χ3v) is 4.02. The molecule has 1 heterocycles. The fraction of sp³-hybridized carbons (Fsp3) is 0.312. The third-order valence-electron chi connectivity index (χ3n) is 3.59. The van der Waals surface area contributed by atoms with Gasteiger partial charge >= 0.3 is 0 Å². The highest BCUT2D eigenvalue weighted by Crippen LogP contribution is 2.35. The van der Waals surface area contributed by atoms with Crippen LogP contribution >= 0.6 is 15.9 Å². The van der Waals surface area contributed by atoms with Crippen molar-refractivity contribution in [2.45, 2.75) is 32.0 Å². The van der Waals surface area contributed by atoms with Crippen molar-refractivity contribution in [1.29, 1.82) is 0 Å². The van der Waals surface area contributed by atoms with E-state index in [4.69, 9.17) is 4.74 Å². The highest BCUT2D eigenvalue weighted by atomic mass is 79.9. The maximum atomic E-state index is 10.0. The molecule has 1 aliphatic carbocycles. The number of hydrogen-bond acceptors (Lipinski definition) is 3. The van der Waals surface area contributed by atoms with Crippen LogP contribution in [0.1, 0.15) is 35.6 Å². The lowest BCUT2D eigenvalue weighted by molar-refractivity contribution is 0.155. The minimum absolute atomic E-state index is 0.352. The lowest BCUT2D eigenvalue weighted by Gasteiger charge is -2.23. The monoisotopic (exact) mass is 333 g/mol. The van der Waals surface area contributed by atoms with E-state index in [1.165, 1.54) is 0 Å². The number of rotatable bonds is 3. The van der Waals surface area contributed by atoms with E-state index >= 15 is 0 Å². The van der Waals surface area contributed by atoms with Crippen LogP contribution in [0, 0.1) is 0 Å². The summed E-state index contributed by atoms with van der Waals surface area (Å²) in [7, 11) is 0. The number of aromatic nitrogens is 1. The first-order valence-electron chi connectivity index (χ1n) is 6.76. The number of pyridine rings is 1. The van der Waals surface area contributed by atoms with E-state index < -0.39 is 0 Å². The maximum Gasteiger partial charge on any atom is 0.123 e. The summed E-state index contributed by atoms with van der Waals surface area (Å²) in [6.45, 7) is 0.485. The van der Waals surface area contributed by atoms with Crippen molar-refractivity contribution in [2.24, 2.45) is 0 Å². The number of nitrogens with zero attached hydrogens (tertiary/aromatic N) is 1. The molecule has 0 radical (unpaired) electrons. The van der Waals surface area contributed by atoms with Gasteiger partial charge in [-0.1, -0.05) is 12.1 Å². The molecule has 0 amide bonds. The Hall–Kier alpha value is -1.39. The highest BCUT2D eigenvalue weighted by Gasteiger charge is 2.20. The maximum absolute atomic E-state index is 10.0. The van der Waals surface area contributed by atoms with E-state index in [-0.39, 0.29) is 6.10 Å². The van der Waals surface area contributed by atoms with Gasteiger partial charge in [-0.15, -0.1) is 0 Å². The van der Waals surface area contributed by atoms with Crippen LogP contribution < -0.4 is 4.74 Å². The molecule has 2 aromatic rings. The van der Waals surface area contributed by atoms with Crippen LogP contribution in [-0.4, -0.2) is 10.1 Å². The predicted octanol–water partition coefficient (Wildman–Crippen LogP) is 3.79. The number of halogens is 1. The Balaban J connectivity index is 1.80. The number of aliphatic hydroxyl groups is 1. The van der Waals surface area contributed by atoms with Crippen LogP contribution in [-0.2, 0) is 13.0 Å². The van der Waals surface area contributed by atoms with Gasteiger partial charge in [0, 0.05) is 22.4 Å². The fourth-order valence-electron chi connectivity index (χ4n) is 2.62. The van der Waals surface area contributed by atoms with Gasteiger partial charge in [0.05, 0.1) is 6.10 Å². The zero-order chi connectivity index (χ0) is 13.9. The van der Waals surface area contributed by atoms with Crippen molar-refractivity contribution < 1.29 is 9.84 Å². The second kappa shape index (κ2) is 5.94. The topological polar surface area (TPSA) is 42.4 Å². The Morgan fingerprint density at radius 3 is 3.10 bits per heavy atom. The average molecular weight is 334 g/mol. The zero-order valence-corrected chi connectivity index (χ0v) is 12.6. The Morgan fingerprint density at radius 1 is 1.35 bits per heavy atom. The van der Waals surface area contributed by atoms with E-state index in [1.54, 1.807) is 12.4 Å². The van der Waals surface area contributed by atoms with Gasteiger partial charge in [-0.25, -0.2) is 0 Å². The fourth-order valence-corrected chi connectivity index (χ4v) is 3.03. The second-order valence-corrected chi connectivity index (χ2v) is 5.95. The summed E-state index contributed by atoms with van der Waals surface area (Å²) in [5.74, 6) is 0.876. The molecule has 3 nitrogen and oxygen atoms in total. The Morgan fingerprint density at radius 2 is 2.25 bits per heavy atom. The molecule has 0 aliphatic heterocycles. The molecule has 1 N–H and O–H groups in total. The number of aliphatic hydroxyl groups excluding tert-OH is 1. The summed E-state index contributed by atoms with van der Waals surface area (Å²) in [5, 5.41) is 10.0. The molecule has 1 aromatic heterocycles. The molecule has 1 unspecified atom stereocenters. The largest absolute Gasteiger partial charge is 0.489 e. The minimum atomic E-state index is -0.352. The lowest BCUT2D eigenvalue weighted by Crippen LogP contribution is -2.11. The molecule has 104 valence electrons. The van der Waals surface area contributed by atoms with Crippen LogP contribution in [0.5, 0.6) is 5.75 Å². The summed E-state index contributed by atoms with van der Waals surface area (Å²) in [6, 6.07) is 7.91. The van der Waals surface area contributed by atoms with Crippen LogP contribution in [0.25, 0.3) is 0 Å². The standard InChI is InChI=1S/C16H16BrNO2/c17-12-7-11(8-18-9-12)10-20-16-6-2-3-13-14(16)4-1-5-15(13)19/h2-3,6-9,15,19H,1,4-5,10H2. The van der Waals surface area contributed by atoms with Gasteiger partial charge < -0.3 is 9.84 Å².